The number of anilines is 1. The number of imide groups is 2. The number of barbiturate groups is 1. The van der Waals surface area contributed by atoms with E-state index in [1.54, 1.807) is 72.8 Å². The summed E-state index contributed by atoms with van der Waals surface area (Å²) in [6, 6.07) is 19.0. The highest BCUT2D eigenvalue weighted by molar-refractivity contribution is 14.1. The van der Waals surface area contributed by atoms with Crippen molar-refractivity contribution in [2.75, 3.05) is 11.5 Å². The Balaban J connectivity index is 1.35. The molecule has 1 N–H and O–H groups in total. The zero-order valence-electron chi connectivity index (χ0n) is 23.9. The van der Waals surface area contributed by atoms with Crippen molar-refractivity contribution < 1.29 is 28.6 Å². The molecule has 0 saturated carbocycles. The number of carbonyl (C=O) groups excluding carboxylic acids is 3. The Morgan fingerprint density at radius 3 is 1.98 bits per heavy atom. The van der Waals surface area contributed by atoms with Crippen LogP contribution in [0.1, 0.15) is 23.6 Å². The average molecular weight is 812 g/mol. The van der Waals surface area contributed by atoms with Crippen LogP contribution in [0.3, 0.4) is 0 Å². The first-order valence-electron chi connectivity index (χ1n) is 13.7. The number of amides is 4. The molecule has 0 radical (unpaired) electrons. The second-order valence-corrected chi connectivity index (χ2v) is 12.6. The predicted octanol–water partition coefficient (Wildman–Crippen LogP) is 9.13. The molecule has 1 saturated heterocycles. The molecule has 0 unspecified atom stereocenters. The van der Waals surface area contributed by atoms with Crippen LogP contribution in [-0.2, 0) is 22.8 Å². The molecular formula is C33H23Cl4IN2O6. The smallest absolute Gasteiger partial charge is 0.335 e. The van der Waals surface area contributed by atoms with E-state index in [0.717, 1.165) is 16.0 Å². The first-order valence-corrected chi connectivity index (χ1v) is 16.2. The summed E-state index contributed by atoms with van der Waals surface area (Å²) >= 11 is 26.6. The van der Waals surface area contributed by atoms with Gasteiger partial charge >= 0.3 is 6.03 Å². The van der Waals surface area contributed by atoms with E-state index in [0.29, 0.717) is 53.1 Å². The fourth-order valence-corrected chi connectivity index (χ4v) is 6.12. The topological polar surface area (TPSA) is 94.2 Å². The number of hydrogen-bond acceptors (Lipinski definition) is 6. The molecule has 1 fully saturated rings. The molecule has 0 aliphatic carbocycles. The zero-order chi connectivity index (χ0) is 33.0. The van der Waals surface area contributed by atoms with Crippen LogP contribution in [0.5, 0.6) is 17.2 Å². The van der Waals surface area contributed by atoms with Crippen LogP contribution in [0.2, 0.25) is 20.1 Å². The van der Waals surface area contributed by atoms with E-state index in [-0.39, 0.29) is 24.5 Å². The van der Waals surface area contributed by atoms with Crippen molar-refractivity contribution >= 4 is 98.6 Å². The average Bonchev–Trinajstić information content (AvgIpc) is 3.00. The molecule has 5 rings (SSSR count). The number of nitrogens with one attached hydrogen (secondary N) is 1. The van der Waals surface area contributed by atoms with Gasteiger partial charge in [-0.05, 0) is 102 Å². The van der Waals surface area contributed by atoms with Crippen LogP contribution in [0.15, 0.2) is 78.4 Å². The Kier molecular flexibility index (Phi) is 11.0. The molecule has 1 heterocycles. The van der Waals surface area contributed by atoms with Crippen molar-refractivity contribution in [2.24, 2.45) is 0 Å². The van der Waals surface area contributed by atoms with E-state index in [1.807, 2.05) is 6.92 Å². The number of urea groups is 1. The Morgan fingerprint density at radius 1 is 0.783 bits per heavy atom. The maximum atomic E-state index is 13.5. The first kappa shape index (κ1) is 33.9. The summed E-state index contributed by atoms with van der Waals surface area (Å²) in [7, 11) is 0. The SMILES string of the molecule is CCOc1cc(/C=C2\C(=O)NC(=O)N(c3ccc(OCc4ccc(Cl)cc4Cl)cc3)C2=O)cc(I)c1OCc1ccc(Cl)cc1Cl. The minimum Gasteiger partial charge on any atom is -0.490 e. The highest BCUT2D eigenvalue weighted by atomic mass is 127. The molecule has 1 aliphatic rings. The van der Waals surface area contributed by atoms with Crippen molar-refractivity contribution in [2.45, 2.75) is 20.1 Å². The van der Waals surface area contributed by atoms with Gasteiger partial charge in [0.05, 0.1) is 15.9 Å². The lowest BCUT2D eigenvalue weighted by atomic mass is 10.1. The molecule has 4 amide bonds. The van der Waals surface area contributed by atoms with Crippen molar-refractivity contribution in [3.63, 3.8) is 0 Å². The molecule has 236 valence electrons. The van der Waals surface area contributed by atoms with Gasteiger partial charge in [0.2, 0.25) is 0 Å². The number of hydrogen-bond donors (Lipinski definition) is 1. The lowest BCUT2D eigenvalue weighted by Crippen LogP contribution is -2.54. The minimum absolute atomic E-state index is 0.156. The number of benzene rings is 4. The zero-order valence-corrected chi connectivity index (χ0v) is 29.1. The van der Waals surface area contributed by atoms with Crippen LogP contribution in [0.25, 0.3) is 6.08 Å². The molecule has 13 heteroatoms. The molecule has 1 aliphatic heterocycles. The molecule has 0 bridgehead atoms. The standard InChI is InChI=1S/C33H23Cl4IN2O6/c1-2-44-29-13-18(12-28(38)30(29)46-17-20-4-6-22(35)15-27(20)37)11-25-31(41)39-33(43)40(32(25)42)23-7-9-24(10-8-23)45-16-19-3-5-21(34)14-26(19)36/h3-15H,2,16-17H2,1H3,(H,39,41,43)/b25-11+. The first-order chi connectivity index (χ1) is 22.0. The lowest BCUT2D eigenvalue weighted by molar-refractivity contribution is -0.122. The van der Waals surface area contributed by atoms with E-state index < -0.39 is 17.8 Å². The lowest BCUT2D eigenvalue weighted by Gasteiger charge is -2.26. The van der Waals surface area contributed by atoms with Gasteiger partial charge in [0.25, 0.3) is 11.8 Å². The number of carbonyl (C=O) groups is 3. The van der Waals surface area contributed by atoms with Gasteiger partial charge < -0.3 is 14.2 Å². The number of nitrogens with zero attached hydrogens (tertiary/aromatic N) is 1. The monoisotopic (exact) mass is 810 g/mol. The van der Waals surface area contributed by atoms with Gasteiger partial charge in [-0.3, -0.25) is 14.9 Å². The van der Waals surface area contributed by atoms with Crippen molar-refractivity contribution in [3.05, 3.63) is 119 Å². The quantitative estimate of drug-likeness (QED) is 0.0976. The summed E-state index contributed by atoms with van der Waals surface area (Å²) in [6.45, 7) is 2.50. The van der Waals surface area contributed by atoms with Crippen LogP contribution < -0.4 is 24.4 Å². The third kappa shape index (κ3) is 7.90. The summed E-state index contributed by atoms with van der Waals surface area (Å²) < 4.78 is 18.4. The van der Waals surface area contributed by atoms with Crippen LogP contribution in [-0.4, -0.2) is 24.5 Å². The van der Waals surface area contributed by atoms with Crippen LogP contribution in [0, 0.1) is 3.57 Å². The van der Waals surface area contributed by atoms with Crippen molar-refractivity contribution in [1.29, 1.82) is 0 Å². The molecule has 0 spiro atoms. The fourth-order valence-electron chi connectivity index (χ4n) is 4.41. The normalized spacial score (nSPS) is 14.0. The van der Waals surface area contributed by atoms with Gasteiger partial charge in [0.15, 0.2) is 11.5 Å². The van der Waals surface area contributed by atoms with Gasteiger partial charge in [-0.2, -0.15) is 0 Å². The van der Waals surface area contributed by atoms with Gasteiger partial charge in [0.1, 0.15) is 24.5 Å². The molecule has 4 aromatic rings. The molecule has 8 nitrogen and oxygen atoms in total. The number of ether oxygens (including phenoxy) is 3. The summed E-state index contributed by atoms with van der Waals surface area (Å²) in [5.41, 5.74) is 1.96. The third-order valence-electron chi connectivity index (χ3n) is 6.64. The summed E-state index contributed by atoms with van der Waals surface area (Å²) in [6.07, 6.45) is 1.40. The Labute approximate surface area is 298 Å². The van der Waals surface area contributed by atoms with Crippen molar-refractivity contribution in [3.8, 4) is 17.2 Å². The second-order valence-electron chi connectivity index (χ2n) is 9.76. The van der Waals surface area contributed by atoms with E-state index in [9.17, 15) is 14.4 Å². The highest BCUT2D eigenvalue weighted by Gasteiger charge is 2.37. The maximum Gasteiger partial charge on any atom is 0.335 e. The minimum atomic E-state index is -0.872. The summed E-state index contributed by atoms with van der Waals surface area (Å²) in [5, 5.41) is 4.20. The Hall–Kier alpha value is -3.48. The van der Waals surface area contributed by atoms with E-state index in [2.05, 4.69) is 27.9 Å². The molecule has 46 heavy (non-hydrogen) atoms. The van der Waals surface area contributed by atoms with Gasteiger partial charge in [-0.1, -0.05) is 58.5 Å². The fraction of sp³-hybridized carbons (Fsp3) is 0.121. The van der Waals surface area contributed by atoms with E-state index in [4.69, 9.17) is 60.6 Å². The highest BCUT2D eigenvalue weighted by Crippen LogP contribution is 2.37. The van der Waals surface area contributed by atoms with Gasteiger partial charge in [0, 0.05) is 31.2 Å². The van der Waals surface area contributed by atoms with Crippen LogP contribution in [0.4, 0.5) is 10.5 Å². The van der Waals surface area contributed by atoms with E-state index >= 15 is 0 Å². The third-order valence-corrected chi connectivity index (χ3v) is 8.61. The molecule has 0 atom stereocenters. The summed E-state index contributed by atoms with van der Waals surface area (Å²) in [5.74, 6) is -0.270. The Morgan fingerprint density at radius 2 is 1.39 bits per heavy atom. The predicted molar refractivity (Wildman–Crippen MR) is 187 cm³/mol. The number of halogens is 5. The van der Waals surface area contributed by atoms with Crippen LogP contribution >= 0.6 is 69.0 Å². The maximum absolute atomic E-state index is 13.5. The summed E-state index contributed by atoms with van der Waals surface area (Å²) in [4.78, 5) is 40.0. The molecular weight excluding hydrogens is 789 g/mol. The largest absolute Gasteiger partial charge is 0.490 e. The second kappa shape index (κ2) is 15.0. The van der Waals surface area contributed by atoms with Gasteiger partial charge in [-0.15, -0.1) is 0 Å². The van der Waals surface area contributed by atoms with Crippen molar-refractivity contribution in [1.82, 2.24) is 5.32 Å². The number of rotatable bonds is 10. The van der Waals surface area contributed by atoms with E-state index in [1.165, 1.54) is 6.08 Å². The Bertz CT molecular complexity index is 1870. The van der Waals surface area contributed by atoms with Gasteiger partial charge in [-0.25, -0.2) is 9.69 Å². The molecule has 4 aromatic carbocycles. The molecule has 0 aromatic heterocycles.